The van der Waals surface area contributed by atoms with E-state index < -0.39 is 22.3 Å². The molecule has 2 aromatic heterocycles. The lowest BCUT2D eigenvalue weighted by molar-refractivity contribution is 0.272. The standard InChI is InChI=1S/C29H24Cl2FN3O4S/c1-15-13-35(16(2)33-15)26-8-5-18(19-10-25(32)23(14-36)27(11-19)40(4,37)38)9-22(26)28-29(39-17(3)34-28)21-7-6-20(30)12-24(21)31/h5-13,36H,14H2,1-4H3. The number of halogens is 3. The molecule has 0 bridgehead atoms. The molecule has 0 unspecified atom stereocenters. The molecule has 0 spiro atoms. The Kier molecular flexibility index (Phi) is 7.35. The van der Waals surface area contributed by atoms with E-state index in [0.29, 0.717) is 49.6 Å². The lowest BCUT2D eigenvalue weighted by Gasteiger charge is -2.15. The highest BCUT2D eigenvalue weighted by Crippen LogP contribution is 2.41. The van der Waals surface area contributed by atoms with Crippen LogP contribution in [0.2, 0.25) is 10.0 Å². The third kappa shape index (κ3) is 5.17. The zero-order valence-corrected chi connectivity index (χ0v) is 24.3. The molecular formula is C29H24Cl2FN3O4S. The summed E-state index contributed by atoms with van der Waals surface area (Å²) in [5.74, 6) is 0.711. The Labute approximate surface area is 240 Å². The van der Waals surface area contributed by atoms with Crippen molar-refractivity contribution in [3.05, 3.63) is 93.6 Å². The normalized spacial score (nSPS) is 11.8. The summed E-state index contributed by atoms with van der Waals surface area (Å²) in [4.78, 5) is 8.93. The molecule has 0 aliphatic heterocycles. The van der Waals surface area contributed by atoms with E-state index >= 15 is 4.39 Å². The number of rotatable bonds is 6. The number of benzene rings is 3. The van der Waals surface area contributed by atoms with Crippen molar-refractivity contribution < 1.29 is 22.3 Å². The minimum atomic E-state index is -3.83. The van der Waals surface area contributed by atoms with Crippen LogP contribution in [-0.2, 0) is 16.4 Å². The van der Waals surface area contributed by atoms with E-state index in [-0.39, 0.29) is 10.5 Å². The van der Waals surface area contributed by atoms with Crippen LogP contribution in [0.25, 0.3) is 39.4 Å². The van der Waals surface area contributed by atoms with Gasteiger partial charge < -0.3 is 14.1 Å². The third-order valence-electron chi connectivity index (χ3n) is 6.47. The molecule has 0 saturated heterocycles. The van der Waals surface area contributed by atoms with E-state index in [2.05, 4.69) is 9.97 Å². The summed E-state index contributed by atoms with van der Waals surface area (Å²) in [6, 6.07) is 13.0. The maximum absolute atomic E-state index is 15.0. The lowest BCUT2D eigenvalue weighted by Crippen LogP contribution is -2.06. The number of aliphatic hydroxyl groups is 1. The summed E-state index contributed by atoms with van der Waals surface area (Å²) in [7, 11) is -3.83. The molecule has 206 valence electrons. The second kappa shape index (κ2) is 10.5. The SMILES string of the molecule is Cc1cn(-c2ccc(-c3cc(F)c(CO)c(S(C)(=O)=O)c3)cc2-c2nc(C)oc2-c2ccc(Cl)cc2Cl)c(C)n1. The number of sulfone groups is 1. The molecule has 40 heavy (non-hydrogen) atoms. The molecule has 3 aromatic carbocycles. The van der Waals surface area contributed by atoms with Gasteiger partial charge in [-0.2, -0.15) is 0 Å². The Morgan fingerprint density at radius 1 is 0.975 bits per heavy atom. The van der Waals surface area contributed by atoms with Gasteiger partial charge in [0.2, 0.25) is 0 Å². The van der Waals surface area contributed by atoms with E-state index in [1.165, 1.54) is 12.1 Å². The number of aryl methyl sites for hydroxylation is 3. The van der Waals surface area contributed by atoms with Crippen LogP contribution in [0.3, 0.4) is 0 Å². The zero-order chi connectivity index (χ0) is 28.9. The molecule has 11 heteroatoms. The second-order valence-electron chi connectivity index (χ2n) is 9.43. The predicted molar refractivity (Wildman–Crippen MR) is 153 cm³/mol. The Morgan fingerprint density at radius 3 is 2.35 bits per heavy atom. The van der Waals surface area contributed by atoms with Crippen molar-refractivity contribution in [2.24, 2.45) is 0 Å². The Bertz CT molecular complexity index is 1900. The van der Waals surface area contributed by atoms with Crippen molar-refractivity contribution in [1.82, 2.24) is 14.5 Å². The van der Waals surface area contributed by atoms with Gasteiger partial charge in [0.15, 0.2) is 21.5 Å². The van der Waals surface area contributed by atoms with Gasteiger partial charge in [0.25, 0.3) is 0 Å². The van der Waals surface area contributed by atoms with E-state index in [9.17, 15) is 13.5 Å². The fraction of sp³-hybridized carbons (Fsp3) is 0.172. The summed E-state index contributed by atoms with van der Waals surface area (Å²) in [5, 5.41) is 10.5. The molecule has 0 atom stereocenters. The van der Waals surface area contributed by atoms with E-state index in [1.54, 1.807) is 37.3 Å². The molecule has 1 N–H and O–H groups in total. The second-order valence-corrected chi connectivity index (χ2v) is 12.3. The number of hydrogen-bond donors (Lipinski definition) is 1. The van der Waals surface area contributed by atoms with Gasteiger partial charge in [-0.1, -0.05) is 29.3 Å². The van der Waals surface area contributed by atoms with Crippen molar-refractivity contribution in [1.29, 1.82) is 0 Å². The topological polar surface area (TPSA) is 98.2 Å². The minimum absolute atomic E-state index is 0.275. The van der Waals surface area contributed by atoms with Crippen LogP contribution >= 0.6 is 23.2 Å². The predicted octanol–water partition coefficient (Wildman–Crippen LogP) is 7.13. The molecule has 5 aromatic rings. The summed E-state index contributed by atoms with van der Waals surface area (Å²) in [6.45, 7) is 4.72. The van der Waals surface area contributed by atoms with E-state index in [1.807, 2.05) is 30.7 Å². The van der Waals surface area contributed by atoms with E-state index in [0.717, 1.165) is 23.5 Å². The van der Waals surface area contributed by atoms with Gasteiger partial charge in [0.05, 0.1) is 27.9 Å². The monoisotopic (exact) mass is 599 g/mol. The van der Waals surface area contributed by atoms with Gasteiger partial charge in [0.1, 0.15) is 17.3 Å². The van der Waals surface area contributed by atoms with Crippen molar-refractivity contribution in [2.45, 2.75) is 32.3 Å². The number of imidazole rings is 1. The van der Waals surface area contributed by atoms with Crippen LogP contribution in [0.15, 0.2) is 64.0 Å². The van der Waals surface area contributed by atoms with Crippen LogP contribution < -0.4 is 0 Å². The minimum Gasteiger partial charge on any atom is -0.440 e. The van der Waals surface area contributed by atoms with Crippen molar-refractivity contribution >= 4 is 33.0 Å². The molecule has 7 nitrogen and oxygen atoms in total. The van der Waals surface area contributed by atoms with Crippen LogP contribution in [0.5, 0.6) is 0 Å². The highest BCUT2D eigenvalue weighted by molar-refractivity contribution is 7.90. The fourth-order valence-corrected chi connectivity index (χ4v) is 6.15. The first-order chi connectivity index (χ1) is 18.9. The van der Waals surface area contributed by atoms with E-state index in [4.69, 9.17) is 27.6 Å². The molecule has 0 amide bonds. The number of aliphatic hydroxyl groups excluding tert-OH is 1. The summed E-state index contributed by atoms with van der Waals surface area (Å²) in [5.41, 5.74) is 3.75. The van der Waals surface area contributed by atoms with Gasteiger partial charge in [0, 0.05) is 41.1 Å². The highest BCUT2D eigenvalue weighted by atomic mass is 35.5. The summed E-state index contributed by atoms with van der Waals surface area (Å²) >= 11 is 12.7. The van der Waals surface area contributed by atoms with Crippen LogP contribution in [0, 0.1) is 26.6 Å². The molecule has 0 aliphatic carbocycles. The quantitative estimate of drug-likeness (QED) is 0.223. The van der Waals surface area contributed by atoms with Gasteiger partial charge >= 0.3 is 0 Å². The van der Waals surface area contributed by atoms with Gasteiger partial charge in [-0.25, -0.2) is 22.8 Å². The van der Waals surface area contributed by atoms with Crippen molar-refractivity contribution in [3.8, 4) is 39.4 Å². The lowest BCUT2D eigenvalue weighted by atomic mass is 9.97. The molecule has 0 fully saturated rings. The summed E-state index contributed by atoms with van der Waals surface area (Å²) in [6.07, 6.45) is 2.86. The Morgan fingerprint density at radius 2 is 1.73 bits per heavy atom. The maximum Gasteiger partial charge on any atom is 0.192 e. The van der Waals surface area contributed by atoms with Gasteiger partial charge in [-0.3, -0.25) is 0 Å². The van der Waals surface area contributed by atoms with Crippen LogP contribution in [0.4, 0.5) is 4.39 Å². The maximum atomic E-state index is 15.0. The Hall–Kier alpha value is -3.50. The number of hydrogen-bond acceptors (Lipinski definition) is 6. The average Bonchev–Trinajstić information content (AvgIpc) is 3.43. The number of oxazole rings is 1. The first-order valence-corrected chi connectivity index (χ1v) is 14.8. The van der Waals surface area contributed by atoms with Crippen LogP contribution in [-0.4, -0.2) is 34.3 Å². The molecule has 0 aliphatic rings. The average molecular weight is 600 g/mol. The van der Waals surface area contributed by atoms with Crippen LogP contribution in [0.1, 0.15) is 23.0 Å². The Balaban J connectivity index is 1.81. The summed E-state index contributed by atoms with van der Waals surface area (Å²) < 4.78 is 47.8. The molecule has 0 saturated carbocycles. The van der Waals surface area contributed by atoms with Gasteiger partial charge in [-0.05, 0) is 67.4 Å². The largest absolute Gasteiger partial charge is 0.440 e. The molecule has 2 heterocycles. The molecule has 0 radical (unpaired) electrons. The number of nitrogens with zero attached hydrogens (tertiary/aromatic N) is 3. The third-order valence-corrected chi connectivity index (χ3v) is 8.18. The first kappa shape index (κ1) is 28.0. The fourth-order valence-electron chi connectivity index (χ4n) is 4.71. The molecular weight excluding hydrogens is 576 g/mol. The first-order valence-electron chi connectivity index (χ1n) is 12.1. The zero-order valence-electron chi connectivity index (χ0n) is 22.0. The van der Waals surface area contributed by atoms with Crippen molar-refractivity contribution in [2.75, 3.05) is 6.26 Å². The van der Waals surface area contributed by atoms with Crippen molar-refractivity contribution in [3.63, 3.8) is 0 Å². The highest BCUT2D eigenvalue weighted by Gasteiger charge is 2.24. The van der Waals surface area contributed by atoms with Gasteiger partial charge in [-0.15, -0.1) is 0 Å². The molecule has 5 rings (SSSR count). The number of aromatic nitrogens is 3. The smallest absolute Gasteiger partial charge is 0.192 e.